The fourth-order valence-electron chi connectivity index (χ4n) is 1.90. The van der Waals surface area contributed by atoms with Crippen LogP contribution in [0.15, 0.2) is 24.3 Å². The summed E-state index contributed by atoms with van der Waals surface area (Å²) in [5.41, 5.74) is 0.266. The predicted molar refractivity (Wildman–Crippen MR) is 70.8 cm³/mol. The molecule has 5 heteroatoms. The lowest BCUT2D eigenvalue weighted by Crippen LogP contribution is -2.17. The van der Waals surface area contributed by atoms with Gasteiger partial charge in [-0.2, -0.15) is 0 Å². The van der Waals surface area contributed by atoms with E-state index in [4.69, 9.17) is 0 Å². The number of carbonyl (C=O) groups excluding carboxylic acids is 1. The minimum atomic E-state index is -4.73. The summed E-state index contributed by atoms with van der Waals surface area (Å²) in [7, 11) is 0. The standard InChI is InChI=1S/C15H19F3O2/c1-2-3-4-5-6-10-14(19)12-8-7-9-13(11-12)20-15(16,17)18/h7-9,11H,2-6,10H2,1H3. The Morgan fingerprint density at radius 2 is 1.85 bits per heavy atom. The molecule has 0 N–H and O–H groups in total. The van der Waals surface area contributed by atoms with Crippen LogP contribution in [0.2, 0.25) is 0 Å². The Morgan fingerprint density at radius 1 is 1.15 bits per heavy atom. The van der Waals surface area contributed by atoms with Crippen molar-refractivity contribution in [1.29, 1.82) is 0 Å². The number of ketones is 1. The SMILES string of the molecule is CCCCCCCC(=O)c1cccc(OC(F)(F)F)c1. The number of hydrogen-bond donors (Lipinski definition) is 0. The fourth-order valence-corrected chi connectivity index (χ4v) is 1.90. The molecule has 112 valence electrons. The summed E-state index contributed by atoms with van der Waals surface area (Å²) in [6.07, 6.45) is 0.720. The molecular weight excluding hydrogens is 269 g/mol. The second-order valence-electron chi connectivity index (χ2n) is 4.66. The van der Waals surface area contributed by atoms with Crippen molar-refractivity contribution in [1.82, 2.24) is 0 Å². The van der Waals surface area contributed by atoms with Crippen LogP contribution in [0.1, 0.15) is 55.8 Å². The van der Waals surface area contributed by atoms with Crippen molar-refractivity contribution in [2.45, 2.75) is 51.8 Å². The van der Waals surface area contributed by atoms with Crippen molar-refractivity contribution in [2.24, 2.45) is 0 Å². The van der Waals surface area contributed by atoms with Crippen molar-refractivity contribution in [2.75, 3.05) is 0 Å². The average molecular weight is 288 g/mol. The van der Waals surface area contributed by atoms with Gasteiger partial charge in [0.05, 0.1) is 0 Å². The van der Waals surface area contributed by atoms with Gasteiger partial charge in [0.1, 0.15) is 5.75 Å². The quantitative estimate of drug-likeness (QED) is 0.489. The van der Waals surface area contributed by atoms with Crippen LogP contribution in [0.4, 0.5) is 13.2 Å². The lowest BCUT2D eigenvalue weighted by Gasteiger charge is -2.09. The molecule has 0 bridgehead atoms. The normalized spacial score (nSPS) is 11.4. The molecule has 0 radical (unpaired) electrons. The third kappa shape index (κ3) is 6.59. The maximum atomic E-state index is 12.1. The molecule has 0 spiro atoms. The average Bonchev–Trinajstić information content (AvgIpc) is 2.36. The molecule has 0 atom stereocenters. The summed E-state index contributed by atoms with van der Waals surface area (Å²) in [4.78, 5) is 11.9. The first-order chi connectivity index (χ1) is 9.42. The third-order valence-corrected chi connectivity index (χ3v) is 2.90. The molecule has 0 unspecified atom stereocenters. The molecule has 20 heavy (non-hydrogen) atoms. The van der Waals surface area contributed by atoms with Gasteiger partial charge in [-0.15, -0.1) is 13.2 Å². The zero-order valence-electron chi connectivity index (χ0n) is 11.5. The van der Waals surface area contributed by atoms with E-state index in [1.54, 1.807) is 0 Å². The van der Waals surface area contributed by atoms with Crippen molar-refractivity contribution in [3.8, 4) is 5.75 Å². The minimum absolute atomic E-state index is 0.144. The number of unbranched alkanes of at least 4 members (excludes halogenated alkanes) is 4. The van der Waals surface area contributed by atoms with Crippen LogP contribution in [0.3, 0.4) is 0 Å². The number of benzene rings is 1. The van der Waals surface area contributed by atoms with Gasteiger partial charge in [-0.05, 0) is 18.6 Å². The van der Waals surface area contributed by atoms with Gasteiger partial charge in [-0.25, -0.2) is 0 Å². The molecule has 2 nitrogen and oxygen atoms in total. The van der Waals surface area contributed by atoms with Gasteiger partial charge in [0.2, 0.25) is 0 Å². The van der Waals surface area contributed by atoms with Crippen LogP contribution in [-0.2, 0) is 0 Å². The predicted octanol–water partition coefficient (Wildman–Crippen LogP) is 5.13. The Morgan fingerprint density at radius 3 is 2.50 bits per heavy atom. The maximum Gasteiger partial charge on any atom is 0.573 e. The van der Waals surface area contributed by atoms with Crippen LogP contribution in [0, 0.1) is 0 Å². The minimum Gasteiger partial charge on any atom is -0.406 e. The zero-order chi connectivity index (χ0) is 15.0. The molecule has 1 aromatic rings. The molecular formula is C15H19F3O2. The number of alkyl halides is 3. The number of ether oxygens (including phenoxy) is 1. The Kier molecular flexibility index (Phi) is 6.55. The van der Waals surface area contributed by atoms with Crippen molar-refractivity contribution < 1.29 is 22.7 Å². The van der Waals surface area contributed by atoms with Gasteiger partial charge in [-0.3, -0.25) is 4.79 Å². The molecule has 0 amide bonds. The molecule has 1 rings (SSSR count). The fraction of sp³-hybridized carbons (Fsp3) is 0.533. The summed E-state index contributed by atoms with van der Waals surface area (Å²) < 4.78 is 40.1. The summed E-state index contributed by atoms with van der Waals surface area (Å²) >= 11 is 0. The van der Waals surface area contributed by atoms with Gasteiger partial charge in [0.15, 0.2) is 5.78 Å². The Bertz CT molecular complexity index is 427. The highest BCUT2D eigenvalue weighted by atomic mass is 19.4. The van der Waals surface area contributed by atoms with Gasteiger partial charge >= 0.3 is 6.36 Å². The molecule has 0 aromatic heterocycles. The molecule has 0 fully saturated rings. The van der Waals surface area contributed by atoms with E-state index in [9.17, 15) is 18.0 Å². The number of rotatable bonds is 8. The number of Topliss-reactive ketones (excluding diaryl/α,β-unsaturated/α-hetero) is 1. The summed E-state index contributed by atoms with van der Waals surface area (Å²) in [5.74, 6) is -0.497. The van der Waals surface area contributed by atoms with Crippen LogP contribution in [0.5, 0.6) is 5.75 Å². The molecule has 0 aliphatic rings. The number of hydrogen-bond acceptors (Lipinski definition) is 2. The highest BCUT2D eigenvalue weighted by Gasteiger charge is 2.31. The first-order valence-electron chi connectivity index (χ1n) is 6.81. The van der Waals surface area contributed by atoms with E-state index in [1.165, 1.54) is 18.2 Å². The molecule has 0 aliphatic heterocycles. The van der Waals surface area contributed by atoms with E-state index < -0.39 is 6.36 Å². The molecule has 0 aliphatic carbocycles. The second kappa shape index (κ2) is 7.92. The number of halogens is 3. The van der Waals surface area contributed by atoms with Gasteiger partial charge in [-0.1, -0.05) is 44.7 Å². The van der Waals surface area contributed by atoms with E-state index in [2.05, 4.69) is 11.7 Å². The largest absolute Gasteiger partial charge is 0.573 e. The van der Waals surface area contributed by atoms with E-state index in [-0.39, 0.29) is 17.1 Å². The molecule has 0 saturated carbocycles. The summed E-state index contributed by atoms with van der Waals surface area (Å²) in [6, 6.07) is 5.23. The van der Waals surface area contributed by atoms with E-state index in [0.29, 0.717) is 6.42 Å². The molecule has 0 saturated heterocycles. The first-order valence-corrected chi connectivity index (χ1v) is 6.81. The van der Waals surface area contributed by atoms with Crippen LogP contribution >= 0.6 is 0 Å². The maximum absolute atomic E-state index is 12.1. The Labute approximate surface area is 116 Å². The highest BCUT2D eigenvalue weighted by Crippen LogP contribution is 2.24. The summed E-state index contributed by atoms with van der Waals surface area (Å²) in [5, 5.41) is 0. The van der Waals surface area contributed by atoms with Crippen LogP contribution in [0.25, 0.3) is 0 Å². The Balaban J connectivity index is 2.49. The van der Waals surface area contributed by atoms with Crippen LogP contribution in [-0.4, -0.2) is 12.1 Å². The van der Waals surface area contributed by atoms with Crippen molar-refractivity contribution in [3.05, 3.63) is 29.8 Å². The van der Waals surface area contributed by atoms with Crippen LogP contribution < -0.4 is 4.74 Å². The lowest BCUT2D eigenvalue weighted by atomic mass is 10.0. The monoisotopic (exact) mass is 288 g/mol. The topological polar surface area (TPSA) is 26.3 Å². The van der Waals surface area contributed by atoms with E-state index >= 15 is 0 Å². The molecule has 1 aromatic carbocycles. The van der Waals surface area contributed by atoms with Gasteiger partial charge in [0, 0.05) is 12.0 Å². The smallest absolute Gasteiger partial charge is 0.406 e. The summed E-state index contributed by atoms with van der Waals surface area (Å²) in [6.45, 7) is 2.11. The van der Waals surface area contributed by atoms with Crippen molar-refractivity contribution in [3.63, 3.8) is 0 Å². The van der Waals surface area contributed by atoms with E-state index in [0.717, 1.165) is 38.2 Å². The highest BCUT2D eigenvalue weighted by molar-refractivity contribution is 5.96. The van der Waals surface area contributed by atoms with Gasteiger partial charge < -0.3 is 4.74 Å². The molecule has 0 heterocycles. The van der Waals surface area contributed by atoms with Gasteiger partial charge in [0.25, 0.3) is 0 Å². The zero-order valence-corrected chi connectivity index (χ0v) is 11.5. The third-order valence-electron chi connectivity index (χ3n) is 2.90. The number of carbonyl (C=O) groups is 1. The Hall–Kier alpha value is -1.52. The van der Waals surface area contributed by atoms with E-state index in [1.807, 2.05) is 0 Å². The second-order valence-corrected chi connectivity index (χ2v) is 4.66. The first kappa shape index (κ1) is 16.5. The lowest BCUT2D eigenvalue weighted by molar-refractivity contribution is -0.274. The van der Waals surface area contributed by atoms with Crippen molar-refractivity contribution >= 4 is 5.78 Å².